The Morgan fingerprint density at radius 2 is 1.57 bits per heavy atom. The molecule has 196 valence electrons. The number of sulfonamides is 1. The van der Waals surface area contributed by atoms with Gasteiger partial charge in [-0.05, 0) is 61.1 Å². The summed E-state index contributed by atoms with van der Waals surface area (Å²) in [6.07, 6.45) is 1.29. The summed E-state index contributed by atoms with van der Waals surface area (Å²) in [5, 5.41) is 2.81. The lowest BCUT2D eigenvalue weighted by Gasteiger charge is -2.19. The highest BCUT2D eigenvalue weighted by Gasteiger charge is 2.26. The number of aryl methyl sites for hydroxylation is 1. The third-order valence-corrected chi connectivity index (χ3v) is 7.24. The molecule has 0 fully saturated rings. The average Bonchev–Trinajstić information content (AvgIpc) is 2.87. The van der Waals surface area contributed by atoms with Gasteiger partial charge in [-0.1, -0.05) is 74.0 Å². The highest BCUT2D eigenvalue weighted by molar-refractivity contribution is 7.89. The average molecular weight is 523 g/mol. The van der Waals surface area contributed by atoms with Crippen molar-refractivity contribution in [2.24, 2.45) is 5.92 Å². The molecule has 0 aliphatic carbocycles. The van der Waals surface area contributed by atoms with Gasteiger partial charge in [0.05, 0.1) is 4.90 Å². The number of hydrogen-bond acceptors (Lipinski definition) is 5. The Bertz CT molecular complexity index is 1290. The molecule has 0 radical (unpaired) electrons. The molecule has 3 aromatic carbocycles. The van der Waals surface area contributed by atoms with Crippen LogP contribution in [0.25, 0.3) is 0 Å². The first-order valence-electron chi connectivity index (χ1n) is 12.3. The van der Waals surface area contributed by atoms with E-state index < -0.39 is 22.0 Å². The molecule has 1 amide bonds. The van der Waals surface area contributed by atoms with Gasteiger partial charge in [-0.2, -0.15) is 4.72 Å². The number of amides is 1. The Balaban J connectivity index is 1.73. The van der Waals surface area contributed by atoms with E-state index in [1.54, 1.807) is 36.4 Å². The summed E-state index contributed by atoms with van der Waals surface area (Å²) in [6, 6.07) is 21.6. The largest absolute Gasteiger partial charge is 0.461 e. The number of anilines is 1. The molecule has 2 N–H and O–H groups in total. The zero-order chi connectivity index (χ0) is 26.8. The molecule has 0 heterocycles. The molecule has 1 unspecified atom stereocenters. The van der Waals surface area contributed by atoms with Crippen molar-refractivity contribution in [3.8, 4) is 0 Å². The minimum Gasteiger partial charge on any atom is -0.461 e. The minimum atomic E-state index is -3.94. The van der Waals surface area contributed by atoms with Crippen LogP contribution >= 0.6 is 0 Å². The second-order valence-electron chi connectivity index (χ2n) is 9.46. The summed E-state index contributed by atoms with van der Waals surface area (Å²) in [5.74, 6) is -0.347. The maximum Gasteiger partial charge on any atom is 0.306 e. The normalized spacial score (nSPS) is 12.2. The number of esters is 1. The molecule has 37 heavy (non-hydrogen) atoms. The molecular formula is C29H34N2O5S. The predicted molar refractivity (Wildman–Crippen MR) is 144 cm³/mol. The van der Waals surface area contributed by atoms with Gasteiger partial charge >= 0.3 is 5.97 Å². The maximum atomic E-state index is 13.3. The van der Waals surface area contributed by atoms with Gasteiger partial charge in [0, 0.05) is 12.1 Å². The van der Waals surface area contributed by atoms with E-state index in [1.807, 2.05) is 51.1 Å². The van der Waals surface area contributed by atoms with E-state index in [0.29, 0.717) is 18.0 Å². The van der Waals surface area contributed by atoms with Gasteiger partial charge in [0.2, 0.25) is 15.9 Å². The first-order valence-corrected chi connectivity index (χ1v) is 13.8. The van der Waals surface area contributed by atoms with Gasteiger partial charge in [0.25, 0.3) is 0 Å². The SMILES string of the molecule is Cc1ccc(S(=O)(=O)NC(Cc2ccccc2)C(=O)Nc2cccc(COC(=O)CCC(C)C)c2)cc1. The fraction of sp³-hybridized carbons (Fsp3) is 0.310. The number of carbonyl (C=O) groups excluding carboxylic acids is 2. The van der Waals surface area contributed by atoms with Crippen LogP contribution in [0.3, 0.4) is 0 Å². The Morgan fingerprint density at radius 1 is 0.892 bits per heavy atom. The van der Waals surface area contributed by atoms with Crippen LogP contribution in [0.5, 0.6) is 0 Å². The number of ether oxygens (including phenoxy) is 1. The maximum absolute atomic E-state index is 13.3. The van der Waals surface area contributed by atoms with Crippen molar-refractivity contribution in [2.75, 3.05) is 5.32 Å². The van der Waals surface area contributed by atoms with E-state index in [1.165, 1.54) is 12.1 Å². The summed E-state index contributed by atoms with van der Waals surface area (Å²) in [5.41, 5.74) is 2.95. The third kappa shape index (κ3) is 9.15. The zero-order valence-electron chi connectivity index (χ0n) is 21.4. The van der Waals surface area contributed by atoms with E-state index in [0.717, 1.165) is 23.1 Å². The molecule has 0 saturated carbocycles. The van der Waals surface area contributed by atoms with Crippen molar-refractivity contribution in [2.45, 2.75) is 57.6 Å². The monoisotopic (exact) mass is 522 g/mol. The van der Waals surface area contributed by atoms with Crippen LogP contribution in [0.4, 0.5) is 5.69 Å². The standard InChI is InChI=1S/C29H34N2O5S/c1-21(2)12-17-28(32)36-20-24-10-7-11-25(18-24)30-29(33)27(19-23-8-5-4-6-9-23)31-37(34,35)26-15-13-22(3)14-16-26/h4-11,13-16,18,21,27,31H,12,17,19-20H2,1-3H3,(H,30,33). The molecule has 0 bridgehead atoms. The van der Waals surface area contributed by atoms with Crippen molar-refractivity contribution in [1.82, 2.24) is 4.72 Å². The molecule has 7 nitrogen and oxygen atoms in total. The molecule has 0 spiro atoms. The van der Waals surface area contributed by atoms with Gasteiger partial charge in [0.15, 0.2) is 0 Å². The topological polar surface area (TPSA) is 102 Å². The zero-order valence-corrected chi connectivity index (χ0v) is 22.3. The number of carbonyl (C=O) groups is 2. The van der Waals surface area contributed by atoms with Gasteiger partial charge in [-0.25, -0.2) is 8.42 Å². The van der Waals surface area contributed by atoms with E-state index in [2.05, 4.69) is 10.0 Å². The Labute approximate surface area is 219 Å². The second-order valence-corrected chi connectivity index (χ2v) is 11.2. The van der Waals surface area contributed by atoms with E-state index in [4.69, 9.17) is 4.74 Å². The van der Waals surface area contributed by atoms with Gasteiger partial charge in [-0.15, -0.1) is 0 Å². The number of rotatable bonds is 12. The summed E-state index contributed by atoms with van der Waals surface area (Å²) in [6.45, 7) is 6.06. The Morgan fingerprint density at radius 3 is 2.24 bits per heavy atom. The van der Waals surface area contributed by atoms with Crippen LogP contribution in [0, 0.1) is 12.8 Å². The van der Waals surface area contributed by atoms with Crippen LogP contribution in [0.1, 0.15) is 43.4 Å². The van der Waals surface area contributed by atoms with Crippen LogP contribution in [-0.4, -0.2) is 26.3 Å². The lowest BCUT2D eigenvalue weighted by atomic mass is 10.1. The summed E-state index contributed by atoms with van der Waals surface area (Å²) >= 11 is 0. The fourth-order valence-electron chi connectivity index (χ4n) is 3.62. The number of benzene rings is 3. The molecule has 0 aliphatic rings. The fourth-order valence-corrected chi connectivity index (χ4v) is 4.82. The molecular weight excluding hydrogens is 488 g/mol. The first kappa shape index (κ1) is 28.1. The highest BCUT2D eigenvalue weighted by atomic mass is 32.2. The highest BCUT2D eigenvalue weighted by Crippen LogP contribution is 2.16. The lowest BCUT2D eigenvalue weighted by Crippen LogP contribution is -2.45. The predicted octanol–water partition coefficient (Wildman–Crippen LogP) is 5.00. The summed E-state index contributed by atoms with van der Waals surface area (Å²) < 4.78 is 34.0. The van der Waals surface area contributed by atoms with Crippen molar-refractivity contribution < 1.29 is 22.7 Å². The Kier molecular flexibility index (Phi) is 10.00. The van der Waals surface area contributed by atoms with Gasteiger partial charge in [-0.3, -0.25) is 9.59 Å². The molecule has 0 aliphatic heterocycles. The Hall–Kier alpha value is -3.49. The van der Waals surface area contributed by atoms with Crippen LogP contribution in [-0.2, 0) is 37.4 Å². The summed E-state index contributed by atoms with van der Waals surface area (Å²) in [7, 11) is -3.94. The van der Waals surface area contributed by atoms with Crippen molar-refractivity contribution >= 4 is 27.6 Å². The van der Waals surface area contributed by atoms with E-state index >= 15 is 0 Å². The first-order chi connectivity index (χ1) is 17.6. The van der Waals surface area contributed by atoms with Gasteiger partial charge in [0.1, 0.15) is 12.6 Å². The number of nitrogens with one attached hydrogen (secondary N) is 2. The number of hydrogen-bond donors (Lipinski definition) is 2. The molecule has 3 aromatic rings. The smallest absolute Gasteiger partial charge is 0.306 e. The van der Waals surface area contributed by atoms with Crippen molar-refractivity contribution in [3.05, 3.63) is 95.6 Å². The summed E-state index contributed by atoms with van der Waals surface area (Å²) in [4.78, 5) is 25.3. The van der Waals surface area contributed by atoms with Crippen LogP contribution in [0.15, 0.2) is 83.8 Å². The molecule has 8 heteroatoms. The van der Waals surface area contributed by atoms with Crippen LogP contribution < -0.4 is 10.0 Å². The third-order valence-electron chi connectivity index (χ3n) is 5.75. The molecule has 0 aromatic heterocycles. The lowest BCUT2D eigenvalue weighted by molar-refractivity contribution is -0.145. The minimum absolute atomic E-state index is 0.0882. The van der Waals surface area contributed by atoms with Crippen molar-refractivity contribution in [3.63, 3.8) is 0 Å². The van der Waals surface area contributed by atoms with Crippen LogP contribution in [0.2, 0.25) is 0 Å². The molecule has 0 saturated heterocycles. The second kappa shape index (κ2) is 13.2. The quantitative estimate of drug-likeness (QED) is 0.326. The van der Waals surface area contributed by atoms with E-state index in [-0.39, 0.29) is 23.9 Å². The van der Waals surface area contributed by atoms with Crippen molar-refractivity contribution in [1.29, 1.82) is 0 Å². The molecule has 1 atom stereocenters. The molecule has 3 rings (SSSR count). The van der Waals surface area contributed by atoms with Gasteiger partial charge < -0.3 is 10.1 Å². The van der Waals surface area contributed by atoms with E-state index in [9.17, 15) is 18.0 Å².